The molecular formula is C28H31F5N4O4. The van der Waals surface area contributed by atoms with Crippen molar-refractivity contribution in [1.82, 2.24) is 10.3 Å². The lowest BCUT2D eigenvalue weighted by Crippen LogP contribution is -2.53. The van der Waals surface area contributed by atoms with Crippen molar-refractivity contribution >= 4 is 29.6 Å². The highest BCUT2D eigenvalue weighted by Gasteiger charge is 2.46. The van der Waals surface area contributed by atoms with Gasteiger partial charge in [0.2, 0.25) is 23.6 Å². The summed E-state index contributed by atoms with van der Waals surface area (Å²) in [6.45, 7) is 3.33. The number of rotatable bonds is 10. The fraction of sp³-hybridized carbons (Fsp3) is 0.464. The van der Waals surface area contributed by atoms with Gasteiger partial charge in [0.05, 0.1) is 12.8 Å². The number of carbonyl (C=O) groups excluding carboxylic acids is 3. The first-order chi connectivity index (χ1) is 19.3. The molecule has 0 radical (unpaired) electrons. The van der Waals surface area contributed by atoms with Gasteiger partial charge in [-0.15, -0.1) is 0 Å². The molecule has 41 heavy (non-hydrogen) atoms. The maximum Gasteiger partial charge on any atom is 0.351 e. The number of nitrogens with one attached hydrogen (secondary N) is 2. The minimum atomic E-state index is -4.12. The summed E-state index contributed by atoms with van der Waals surface area (Å²) in [6, 6.07) is 4.24. The Morgan fingerprint density at radius 3 is 2.44 bits per heavy atom. The number of hydrogen-bond donors (Lipinski definition) is 2. The lowest BCUT2D eigenvalue weighted by Gasteiger charge is -2.34. The second kappa shape index (κ2) is 13.2. The molecule has 1 aromatic heterocycles. The van der Waals surface area contributed by atoms with E-state index < -0.39 is 65.8 Å². The number of benzene rings is 1. The molecule has 0 spiro atoms. The molecule has 3 amide bonds. The number of pyridine rings is 1. The van der Waals surface area contributed by atoms with Gasteiger partial charge in [-0.1, -0.05) is 19.9 Å². The van der Waals surface area contributed by atoms with Crippen molar-refractivity contribution in [2.75, 3.05) is 12.4 Å². The average molecular weight is 583 g/mol. The molecule has 1 aliphatic carbocycles. The Hall–Kier alpha value is -3.90. The van der Waals surface area contributed by atoms with Crippen molar-refractivity contribution in [2.24, 2.45) is 10.9 Å². The van der Waals surface area contributed by atoms with Crippen LogP contribution >= 0.6 is 0 Å². The predicted octanol–water partition coefficient (Wildman–Crippen LogP) is 5.38. The van der Waals surface area contributed by atoms with Gasteiger partial charge in [0, 0.05) is 49.2 Å². The van der Waals surface area contributed by atoms with E-state index in [9.17, 15) is 27.6 Å². The van der Waals surface area contributed by atoms with Crippen LogP contribution in [0.15, 0.2) is 41.5 Å². The number of ether oxygens (including phenoxy) is 1. The molecule has 2 N–H and O–H groups in total. The average Bonchev–Trinajstić information content (AvgIpc) is 2.95. The highest BCUT2D eigenvalue weighted by Crippen LogP contribution is 2.38. The number of anilines is 1. The molecule has 1 heterocycles. The van der Waals surface area contributed by atoms with Crippen LogP contribution in [0.2, 0.25) is 0 Å². The van der Waals surface area contributed by atoms with E-state index in [0.717, 1.165) is 24.4 Å². The summed E-state index contributed by atoms with van der Waals surface area (Å²) in [6.07, 6.45) is 0.670. The number of aromatic nitrogens is 1. The number of aliphatic imine (C=N–C) groups is 1. The monoisotopic (exact) mass is 582 g/mol. The van der Waals surface area contributed by atoms with E-state index in [0.29, 0.717) is 5.56 Å². The summed E-state index contributed by atoms with van der Waals surface area (Å²) in [5.41, 5.74) is -0.635. The topological polar surface area (TPSA) is 110 Å². The van der Waals surface area contributed by atoms with Gasteiger partial charge in [0.25, 0.3) is 5.91 Å². The van der Waals surface area contributed by atoms with Crippen LogP contribution in [0.3, 0.4) is 0 Å². The molecule has 0 bridgehead atoms. The van der Waals surface area contributed by atoms with Crippen LogP contribution in [0.1, 0.15) is 63.0 Å². The molecule has 13 heteroatoms. The van der Waals surface area contributed by atoms with Crippen LogP contribution in [0.25, 0.3) is 0 Å². The van der Waals surface area contributed by atoms with E-state index in [1.807, 2.05) is 5.32 Å². The van der Waals surface area contributed by atoms with Crippen LogP contribution in [-0.2, 0) is 20.3 Å². The van der Waals surface area contributed by atoms with Crippen LogP contribution in [0.4, 0.5) is 27.6 Å². The molecular weight excluding hydrogens is 551 g/mol. The van der Waals surface area contributed by atoms with Crippen molar-refractivity contribution in [3.63, 3.8) is 0 Å². The second-order valence-electron chi connectivity index (χ2n) is 9.85. The zero-order valence-corrected chi connectivity index (χ0v) is 22.7. The molecule has 8 nitrogen and oxygen atoms in total. The van der Waals surface area contributed by atoms with Gasteiger partial charge < -0.3 is 15.4 Å². The number of amides is 3. The lowest BCUT2D eigenvalue weighted by atomic mass is 9.81. The Kier molecular flexibility index (Phi) is 10.2. The predicted molar refractivity (Wildman–Crippen MR) is 141 cm³/mol. The molecule has 1 aromatic carbocycles. The van der Waals surface area contributed by atoms with Gasteiger partial charge >= 0.3 is 5.92 Å². The van der Waals surface area contributed by atoms with Crippen molar-refractivity contribution in [2.45, 2.75) is 69.8 Å². The van der Waals surface area contributed by atoms with Crippen molar-refractivity contribution in [3.05, 3.63) is 53.5 Å². The van der Waals surface area contributed by atoms with E-state index >= 15 is 8.78 Å². The lowest BCUT2D eigenvalue weighted by molar-refractivity contribution is -0.150. The van der Waals surface area contributed by atoms with Gasteiger partial charge in [0.15, 0.2) is 0 Å². The maximum atomic E-state index is 15.0. The summed E-state index contributed by atoms with van der Waals surface area (Å²) in [5, 5.41) is 4.29. The molecule has 2 atom stereocenters. The first kappa shape index (κ1) is 31.6. The number of nitrogens with zero attached hydrogens (tertiary/aromatic N) is 2. The highest BCUT2D eigenvalue weighted by atomic mass is 19.3. The van der Waals surface area contributed by atoms with Gasteiger partial charge in [-0.25, -0.2) is 23.1 Å². The Balaban J connectivity index is 1.81. The molecule has 1 aliphatic rings. The first-order valence-electron chi connectivity index (χ1n) is 13.0. The fourth-order valence-electron chi connectivity index (χ4n) is 4.34. The third-order valence-electron chi connectivity index (χ3n) is 6.92. The minimum Gasteiger partial charge on any atom is -0.481 e. The van der Waals surface area contributed by atoms with Crippen molar-refractivity contribution < 1.29 is 41.1 Å². The summed E-state index contributed by atoms with van der Waals surface area (Å²) in [5.74, 6) is -12.5. The second-order valence-corrected chi connectivity index (χ2v) is 9.85. The van der Waals surface area contributed by atoms with Crippen molar-refractivity contribution in [1.29, 1.82) is 0 Å². The Labute approximate surface area is 233 Å². The normalized spacial score (nSPS) is 17.1. The summed E-state index contributed by atoms with van der Waals surface area (Å²) in [4.78, 5) is 44.8. The number of carbonyl (C=O) groups is 3. The van der Waals surface area contributed by atoms with Gasteiger partial charge in [-0.2, -0.15) is 8.78 Å². The minimum absolute atomic E-state index is 0.0366. The van der Waals surface area contributed by atoms with E-state index in [4.69, 9.17) is 4.74 Å². The summed E-state index contributed by atoms with van der Waals surface area (Å²) >= 11 is 0. The standard InChI is InChI=1S/C28H31F5N4O4/c1-4-22(38)34-14-16(2)18-5-7-21(20(29)13-18)36-25(39)24(17-9-11-27(30,31)12-10-17)37-26(40)28(32,33)19-6-8-23(41-3)35-15-19/h5-8,13-17,24H,4,9-12H2,1-3H3,(H,36,39)(H,37,40)/t16-,24+/m1/s1. The molecule has 222 valence electrons. The third-order valence-corrected chi connectivity index (χ3v) is 6.92. The Morgan fingerprint density at radius 1 is 1.20 bits per heavy atom. The number of methoxy groups -OCH3 is 1. The van der Waals surface area contributed by atoms with Crippen LogP contribution in [0, 0.1) is 11.7 Å². The zero-order valence-electron chi connectivity index (χ0n) is 22.7. The van der Waals surface area contributed by atoms with E-state index in [2.05, 4.69) is 15.3 Å². The molecule has 0 unspecified atom stereocenters. The van der Waals surface area contributed by atoms with E-state index in [-0.39, 0.29) is 36.7 Å². The third kappa shape index (κ3) is 8.08. The van der Waals surface area contributed by atoms with Crippen molar-refractivity contribution in [3.8, 4) is 5.88 Å². The molecule has 1 saturated carbocycles. The first-order valence-corrected chi connectivity index (χ1v) is 13.0. The Morgan fingerprint density at radius 2 is 1.88 bits per heavy atom. The largest absolute Gasteiger partial charge is 0.481 e. The Bertz CT molecular complexity index is 1280. The number of hydrogen-bond acceptors (Lipinski definition) is 5. The number of alkyl halides is 4. The summed E-state index contributed by atoms with van der Waals surface area (Å²) in [7, 11) is 1.28. The molecule has 1 fully saturated rings. The van der Waals surface area contributed by atoms with Gasteiger partial charge in [-0.3, -0.25) is 14.4 Å². The van der Waals surface area contributed by atoms with Crippen LogP contribution < -0.4 is 15.4 Å². The molecule has 3 rings (SSSR count). The van der Waals surface area contributed by atoms with E-state index in [1.165, 1.54) is 25.5 Å². The SMILES string of the molecule is CCC(=O)N=C[C@@H](C)c1ccc(NC(=O)[C@@H](NC(=O)C(F)(F)c2ccc(OC)nc2)C2CCC(F)(F)CC2)c(F)c1. The quantitative estimate of drug-likeness (QED) is 0.289. The van der Waals surface area contributed by atoms with Crippen LogP contribution in [-0.4, -0.2) is 48.0 Å². The summed E-state index contributed by atoms with van der Waals surface area (Å²) < 4.78 is 77.4. The van der Waals surface area contributed by atoms with E-state index in [1.54, 1.807) is 13.8 Å². The number of halogens is 5. The van der Waals surface area contributed by atoms with Crippen LogP contribution in [0.5, 0.6) is 5.88 Å². The molecule has 2 aromatic rings. The smallest absolute Gasteiger partial charge is 0.351 e. The fourth-order valence-corrected chi connectivity index (χ4v) is 4.34. The molecule has 0 saturated heterocycles. The maximum absolute atomic E-state index is 15.0. The molecule has 0 aliphatic heterocycles. The highest BCUT2D eigenvalue weighted by molar-refractivity contribution is 5.98. The zero-order chi connectivity index (χ0) is 30.4. The van der Waals surface area contributed by atoms with Gasteiger partial charge in [-0.05, 0) is 42.5 Å². The van der Waals surface area contributed by atoms with Gasteiger partial charge in [0.1, 0.15) is 11.9 Å².